The van der Waals surface area contributed by atoms with Gasteiger partial charge in [-0.15, -0.1) is 0 Å². The number of hydrogen-bond donors (Lipinski definition) is 2. The molecule has 2 heterocycles. The molecule has 1 atom stereocenters. The molecule has 19 heavy (non-hydrogen) atoms. The minimum absolute atomic E-state index is 0.112. The van der Waals surface area contributed by atoms with Gasteiger partial charge in [-0.3, -0.25) is 16.3 Å². The minimum Gasteiger partial charge on any atom is -0.271 e. The van der Waals surface area contributed by atoms with Crippen molar-refractivity contribution in [2.45, 2.75) is 12.5 Å². The topological polar surface area (TPSA) is 50.9 Å². The molecule has 1 unspecified atom stereocenters. The first kappa shape index (κ1) is 12.3. The van der Waals surface area contributed by atoms with Crippen LogP contribution in [-0.2, 0) is 6.42 Å². The molecular formula is C15H15N3S. The van der Waals surface area contributed by atoms with E-state index in [1.54, 1.807) is 11.3 Å². The number of nitrogens with zero attached hydrogens (tertiary/aromatic N) is 1. The van der Waals surface area contributed by atoms with E-state index >= 15 is 0 Å². The quantitative estimate of drug-likeness (QED) is 0.565. The van der Waals surface area contributed by atoms with Crippen LogP contribution in [0, 0.1) is 0 Å². The normalized spacial score (nSPS) is 12.7. The van der Waals surface area contributed by atoms with Gasteiger partial charge in [0, 0.05) is 11.6 Å². The van der Waals surface area contributed by atoms with Gasteiger partial charge >= 0.3 is 0 Å². The molecule has 3 aromatic rings. The van der Waals surface area contributed by atoms with Gasteiger partial charge in [0.1, 0.15) is 0 Å². The third-order valence-corrected chi connectivity index (χ3v) is 3.99. The lowest BCUT2D eigenvalue weighted by Gasteiger charge is -2.16. The minimum atomic E-state index is 0.112. The van der Waals surface area contributed by atoms with Crippen LogP contribution < -0.4 is 11.3 Å². The number of rotatable bonds is 4. The highest BCUT2D eigenvalue weighted by Crippen LogP contribution is 2.22. The molecule has 0 aliphatic heterocycles. The zero-order chi connectivity index (χ0) is 13.1. The van der Waals surface area contributed by atoms with E-state index in [0.29, 0.717) is 0 Å². The molecule has 0 saturated heterocycles. The number of nitrogens with two attached hydrogens (primary N) is 1. The van der Waals surface area contributed by atoms with Crippen molar-refractivity contribution >= 4 is 22.2 Å². The van der Waals surface area contributed by atoms with Gasteiger partial charge in [0.2, 0.25) is 0 Å². The van der Waals surface area contributed by atoms with Gasteiger partial charge in [-0.2, -0.15) is 11.3 Å². The SMILES string of the molecule is NNC(Cc1ccsc1)c1ccc2cccnc2c1. The molecule has 0 spiro atoms. The van der Waals surface area contributed by atoms with Gasteiger partial charge in [-0.25, -0.2) is 0 Å². The van der Waals surface area contributed by atoms with E-state index in [-0.39, 0.29) is 6.04 Å². The van der Waals surface area contributed by atoms with Crippen LogP contribution in [-0.4, -0.2) is 4.98 Å². The van der Waals surface area contributed by atoms with Crippen LogP contribution in [0.5, 0.6) is 0 Å². The maximum atomic E-state index is 5.70. The zero-order valence-corrected chi connectivity index (χ0v) is 11.2. The van der Waals surface area contributed by atoms with Crippen LogP contribution >= 0.6 is 11.3 Å². The fourth-order valence-electron chi connectivity index (χ4n) is 2.22. The largest absolute Gasteiger partial charge is 0.271 e. The van der Waals surface area contributed by atoms with Crippen molar-refractivity contribution in [1.82, 2.24) is 10.4 Å². The van der Waals surface area contributed by atoms with Gasteiger partial charge in [0.05, 0.1) is 11.6 Å². The molecule has 0 saturated carbocycles. The van der Waals surface area contributed by atoms with Crippen LogP contribution in [0.1, 0.15) is 17.2 Å². The van der Waals surface area contributed by atoms with Gasteiger partial charge in [-0.05, 0) is 46.5 Å². The van der Waals surface area contributed by atoms with Crippen molar-refractivity contribution in [3.05, 3.63) is 64.5 Å². The lowest BCUT2D eigenvalue weighted by Crippen LogP contribution is -2.29. The van der Waals surface area contributed by atoms with Crippen LogP contribution in [0.15, 0.2) is 53.4 Å². The second-order valence-corrected chi connectivity index (χ2v) is 5.29. The molecule has 4 heteroatoms. The Kier molecular flexibility index (Phi) is 3.55. The Labute approximate surface area is 116 Å². The lowest BCUT2D eigenvalue weighted by molar-refractivity contribution is 0.553. The maximum Gasteiger partial charge on any atom is 0.0705 e. The van der Waals surface area contributed by atoms with Gasteiger partial charge < -0.3 is 0 Å². The number of aromatic nitrogens is 1. The highest BCUT2D eigenvalue weighted by molar-refractivity contribution is 7.07. The van der Waals surface area contributed by atoms with Crippen LogP contribution in [0.3, 0.4) is 0 Å². The van der Waals surface area contributed by atoms with Crippen LogP contribution in [0.25, 0.3) is 10.9 Å². The molecule has 3 rings (SSSR count). The van der Waals surface area contributed by atoms with E-state index in [1.165, 1.54) is 11.1 Å². The van der Waals surface area contributed by atoms with E-state index in [9.17, 15) is 0 Å². The third kappa shape index (κ3) is 2.66. The average molecular weight is 269 g/mol. The molecule has 0 fully saturated rings. The second-order valence-electron chi connectivity index (χ2n) is 4.51. The number of pyridine rings is 1. The summed E-state index contributed by atoms with van der Waals surface area (Å²) in [5.74, 6) is 5.70. The molecule has 3 N–H and O–H groups in total. The van der Waals surface area contributed by atoms with Crippen molar-refractivity contribution in [2.24, 2.45) is 5.84 Å². The highest BCUT2D eigenvalue weighted by atomic mass is 32.1. The first-order valence-corrected chi connectivity index (χ1v) is 7.13. The Hall–Kier alpha value is -1.75. The Bertz CT molecular complexity index is 664. The van der Waals surface area contributed by atoms with Gasteiger partial charge in [-0.1, -0.05) is 18.2 Å². The predicted molar refractivity (Wildman–Crippen MR) is 79.8 cm³/mol. The van der Waals surface area contributed by atoms with Crippen LogP contribution in [0.4, 0.5) is 0 Å². The Morgan fingerprint density at radius 3 is 3.00 bits per heavy atom. The smallest absolute Gasteiger partial charge is 0.0705 e. The molecule has 2 aromatic heterocycles. The molecule has 0 bridgehead atoms. The van der Waals surface area contributed by atoms with E-state index in [4.69, 9.17) is 5.84 Å². The Balaban J connectivity index is 1.92. The first-order chi connectivity index (χ1) is 9.36. The van der Waals surface area contributed by atoms with Crippen molar-refractivity contribution in [2.75, 3.05) is 0 Å². The van der Waals surface area contributed by atoms with E-state index in [2.05, 4.69) is 51.5 Å². The van der Waals surface area contributed by atoms with E-state index in [0.717, 1.165) is 17.3 Å². The van der Waals surface area contributed by atoms with Crippen molar-refractivity contribution in [3.63, 3.8) is 0 Å². The number of benzene rings is 1. The predicted octanol–water partition coefficient (Wildman–Crippen LogP) is 3.04. The summed E-state index contributed by atoms with van der Waals surface area (Å²) in [7, 11) is 0. The summed E-state index contributed by atoms with van der Waals surface area (Å²) >= 11 is 1.71. The number of nitrogens with one attached hydrogen (secondary N) is 1. The average Bonchev–Trinajstić information content (AvgIpc) is 2.97. The first-order valence-electron chi connectivity index (χ1n) is 6.19. The maximum absolute atomic E-state index is 5.70. The summed E-state index contributed by atoms with van der Waals surface area (Å²) < 4.78 is 0. The Morgan fingerprint density at radius 2 is 2.21 bits per heavy atom. The van der Waals surface area contributed by atoms with Crippen molar-refractivity contribution in [3.8, 4) is 0 Å². The van der Waals surface area contributed by atoms with Gasteiger partial charge in [0.25, 0.3) is 0 Å². The molecule has 0 aliphatic carbocycles. The van der Waals surface area contributed by atoms with E-state index in [1.807, 2.05) is 12.3 Å². The third-order valence-electron chi connectivity index (χ3n) is 3.25. The van der Waals surface area contributed by atoms with Crippen molar-refractivity contribution in [1.29, 1.82) is 0 Å². The summed E-state index contributed by atoms with van der Waals surface area (Å²) in [6, 6.07) is 12.6. The number of hydrogen-bond acceptors (Lipinski definition) is 4. The molecule has 0 aliphatic rings. The number of fused-ring (bicyclic) bond motifs is 1. The monoisotopic (exact) mass is 269 g/mol. The molecule has 1 aromatic carbocycles. The highest BCUT2D eigenvalue weighted by Gasteiger charge is 2.11. The fraction of sp³-hybridized carbons (Fsp3) is 0.133. The lowest BCUT2D eigenvalue weighted by atomic mass is 10.00. The summed E-state index contributed by atoms with van der Waals surface area (Å²) in [6.07, 6.45) is 2.70. The van der Waals surface area contributed by atoms with Gasteiger partial charge in [0.15, 0.2) is 0 Å². The summed E-state index contributed by atoms with van der Waals surface area (Å²) in [6.45, 7) is 0. The summed E-state index contributed by atoms with van der Waals surface area (Å²) in [4.78, 5) is 4.39. The van der Waals surface area contributed by atoms with Crippen LogP contribution in [0.2, 0.25) is 0 Å². The molecule has 0 radical (unpaired) electrons. The zero-order valence-electron chi connectivity index (χ0n) is 10.4. The summed E-state index contributed by atoms with van der Waals surface area (Å²) in [5, 5.41) is 5.40. The number of thiophene rings is 1. The molecular weight excluding hydrogens is 254 g/mol. The van der Waals surface area contributed by atoms with Crippen molar-refractivity contribution < 1.29 is 0 Å². The molecule has 96 valence electrons. The standard InChI is InChI=1S/C15H15N3S/c16-18-15(8-11-5-7-19-10-11)13-4-3-12-2-1-6-17-14(12)9-13/h1-7,9-10,15,18H,8,16H2. The Morgan fingerprint density at radius 1 is 1.26 bits per heavy atom. The van der Waals surface area contributed by atoms with E-state index < -0.39 is 0 Å². The number of hydrazine groups is 1. The molecule has 3 nitrogen and oxygen atoms in total. The summed E-state index contributed by atoms with van der Waals surface area (Å²) in [5.41, 5.74) is 6.37. The fourth-order valence-corrected chi connectivity index (χ4v) is 2.90. The second kappa shape index (κ2) is 5.48. The molecule has 0 amide bonds.